The molecule has 9 nitrogen and oxygen atoms in total. The van der Waals surface area contributed by atoms with Gasteiger partial charge < -0.3 is 0 Å². The van der Waals surface area contributed by atoms with Gasteiger partial charge in [0, 0.05) is 38.6 Å². The highest BCUT2D eigenvalue weighted by molar-refractivity contribution is 7.91. The molecule has 1 aromatic heterocycles. The summed E-state index contributed by atoms with van der Waals surface area (Å²) >= 11 is 0. The number of nitrogens with zero attached hydrogens (tertiary/aromatic N) is 5. The maximum absolute atomic E-state index is 13.1. The molecule has 2 amide bonds. The molecule has 1 aromatic rings. The highest BCUT2D eigenvalue weighted by atomic mass is 32.2. The van der Waals surface area contributed by atoms with Crippen LogP contribution >= 0.6 is 0 Å². The molecule has 2 aliphatic heterocycles. The minimum atomic E-state index is -2.99. The Labute approximate surface area is 166 Å². The first-order chi connectivity index (χ1) is 13.0. The molecule has 3 rings (SSSR count). The van der Waals surface area contributed by atoms with E-state index >= 15 is 0 Å². The number of carbonyl (C=O) groups excluding carboxylic acids is 2. The summed E-state index contributed by atoms with van der Waals surface area (Å²) in [7, 11) is -1.25. The molecule has 2 saturated heterocycles. The summed E-state index contributed by atoms with van der Waals surface area (Å²) in [5, 5.41) is 7.44. The van der Waals surface area contributed by atoms with Crippen LogP contribution in [0.15, 0.2) is 6.07 Å². The van der Waals surface area contributed by atoms with E-state index < -0.39 is 9.84 Å². The van der Waals surface area contributed by atoms with Crippen molar-refractivity contribution in [2.45, 2.75) is 32.6 Å². The lowest BCUT2D eigenvalue weighted by molar-refractivity contribution is -0.141. The Morgan fingerprint density at radius 3 is 2.25 bits per heavy atom. The summed E-state index contributed by atoms with van der Waals surface area (Å²) in [6.45, 7) is 7.91. The fraction of sp³-hybridized carbons (Fsp3) is 0.722. The summed E-state index contributed by atoms with van der Waals surface area (Å²) in [6, 6.07) is 1.79. The van der Waals surface area contributed by atoms with Crippen molar-refractivity contribution < 1.29 is 18.0 Å². The highest BCUT2D eigenvalue weighted by Gasteiger charge is 2.35. The molecular weight excluding hydrogens is 382 g/mol. The monoisotopic (exact) mass is 411 g/mol. The average Bonchev–Trinajstić information content (AvgIpc) is 3.22. The van der Waals surface area contributed by atoms with Crippen LogP contribution in [-0.2, 0) is 27.1 Å². The zero-order valence-electron chi connectivity index (χ0n) is 17.0. The summed E-state index contributed by atoms with van der Waals surface area (Å²) in [6.07, 6.45) is 0.718. The summed E-state index contributed by atoms with van der Waals surface area (Å²) in [5.74, 6) is -0.262. The van der Waals surface area contributed by atoms with Crippen molar-refractivity contribution in [1.29, 1.82) is 0 Å². The van der Waals surface area contributed by atoms with Gasteiger partial charge in [-0.1, -0.05) is 20.8 Å². The lowest BCUT2D eigenvalue weighted by Crippen LogP contribution is -2.51. The summed E-state index contributed by atoms with van der Waals surface area (Å²) < 4.78 is 24.7. The fourth-order valence-electron chi connectivity index (χ4n) is 3.43. The van der Waals surface area contributed by atoms with Crippen LogP contribution in [0.4, 0.5) is 0 Å². The van der Waals surface area contributed by atoms with Crippen LogP contribution in [0.2, 0.25) is 0 Å². The molecule has 28 heavy (non-hydrogen) atoms. The molecule has 0 unspecified atom stereocenters. The Kier molecular flexibility index (Phi) is 5.55. The van der Waals surface area contributed by atoms with Crippen LogP contribution in [0, 0.1) is 0 Å². The zero-order chi connectivity index (χ0) is 20.7. The van der Waals surface area contributed by atoms with Gasteiger partial charge in [-0.2, -0.15) is 5.10 Å². The molecule has 0 saturated carbocycles. The molecule has 0 aliphatic carbocycles. The van der Waals surface area contributed by atoms with Gasteiger partial charge >= 0.3 is 0 Å². The Bertz CT molecular complexity index is 857. The number of aryl methyl sites for hydroxylation is 1. The van der Waals surface area contributed by atoms with Crippen molar-refractivity contribution in [3.05, 3.63) is 17.5 Å². The van der Waals surface area contributed by atoms with Crippen LogP contribution in [-0.4, -0.2) is 89.2 Å². The van der Waals surface area contributed by atoms with Crippen molar-refractivity contribution in [3.8, 4) is 0 Å². The SMILES string of the molecule is Cn1nc(C(C)(C)C)cc1C(=O)N1CCCN1C(=O)CN1CCS(=O)(=O)CC1. The van der Waals surface area contributed by atoms with Gasteiger partial charge in [0.2, 0.25) is 0 Å². The quantitative estimate of drug-likeness (QED) is 0.697. The Balaban J connectivity index is 1.70. The molecule has 0 bridgehead atoms. The zero-order valence-corrected chi connectivity index (χ0v) is 17.8. The molecular formula is C18H29N5O4S. The molecule has 0 aromatic carbocycles. The first-order valence-corrected chi connectivity index (χ1v) is 11.4. The van der Waals surface area contributed by atoms with Gasteiger partial charge in [-0.3, -0.25) is 24.2 Å². The molecule has 156 valence electrons. The largest absolute Gasteiger partial charge is 0.292 e. The van der Waals surface area contributed by atoms with Crippen LogP contribution in [0.3, 0.4) is 0 Å². The van der Waals surface area contributed by atoms with Crippen molar-refractivity contribution in [2.75, 3.05) is 44.2 Å². The summed E-state index contributed by atoms with van der Waals surface area (Å²) in [4.78, 5) is 27.7. The van der Waals surface area contributed by atoms with E-state index in [4.69, 9.17) is 0 Å². The second kappa shape index (κ2) is 7.47. The minimum Gasteiger partial charge on any atom is -0.292 e. The normalized spacial score (nSPS) is 20.6. The van der Waals surface area contributed by atoms with Gasteiger partial charge in [0.25, 0.3) is 11.8 Å². The van der Waals surface area contributed by atoms with Gasteiger partial charge in [-0.25, -0.2) is 13.4 Å². The predicted octanol–water partition coefficient (Wildman–Crippen LogP) is 0.0375. The Hall–Kier alpha value is -1.94. The molecule has 10 heteroatoms. The third-order valence-electron chi connectivity index (χ3n) is 5.22. The van der Waals surface area contributed by atoms with Gasteiger partial charge in [0.1, 0.15) is 5.69 Å². The number of hydrazine groups is 1. The minimum absolute atomic E-state index is 0.0769. The van der Waals surface area contributed by atoms with E-state index in [0.717, 1.165) is 12.1 Å². The third kappa shape index (κ3) is 4.38. The van der Waals surface area contributed by atoms with Crippen molar-refractivity contribution >= 4 is 21.7 Å². The first-order valence-electron chi connectivity index (χ1n) is 9.57. The highest BCUT2D eigenvalue weighted by Crippen LogP contribution is 2.23. The molecule has 3 heterocycles. The van der Waals surface area contributed by atoms with Gasteiger partial charge in [0.05, 0.1) is 23.7 Å². The molecule has 0 radical (unpaired) electrons. The van der Waals surface area contributed by atoms with Gasteiger partial charge in [-0.05, 0) is 12.5 Å². The number of sulfone groups is 1. The number of hydrogen-bond acceptors (Lipinski definition) is 6. The second-order valence-corrected chi connectivity index (χ2v) is 10.8. The molecule has 0 N–H and O–H groups in total. The third-order valence-corrected chi connectivity index (χ3v) is 6.83. The number of aromatic nitrogens is 2. The van der Waals surface area contributed by atoms with E-state index in [1.54, 1.807) is 17.8 Å². The van der Waals surface area contributed by atoms with E-state index in [1.807, 2.05) is 25.7 Å². The lowest BCUT2D eigenvalue weighted by Gasteiger charge is -2.31. The molecule has 2 aliphatic rings. The van der Waals surface area contributed by atoms with E-state index in [2.05, 4.69) is 5.10 Å². The second-order valence-electron chi connectivity index (χ2n) is 8.52. The fourth-order valence-corrected chi connectivity index (χ4v) is 4.71. The van der Waals surface area contributed by atoms with Crippen LogP contribution < -0.4 is 0 Å². The Morgan fingerprint density at radius 2 is 1.68 bits per heavy atom. The molecule has 0 atom stereocenters. The van der Waals surface area contributed by atoms with Gasteiger partial charge in [-0.15, -0.1) is 0 Å². The van der Waals surface area contributed by atoms with Crippen LogP contribution in [0.1, 0.15) is 43.4 Å². The lowest BCUT2D eigenvalue weighted by atomic mass is 9.92. The number of carbonyl (C=O) groups is 2. The van der Waals surface area contributed by atoms with Crippen molar-refractivity contribution in [1.82, 2.24) is 24.7 Å². The average molecular weight is 412 g/mol. The van der Waals surface area contributed by atoms with E-state index in [-0.39, 0.29) is 35.3 Å². The molecule has 2 fully saturated rings. The topological polar surface area (TPSA) is 95.8 Å². The summed E-state index contributed by atoms with van der Waals surface area (Å²) in [5.41, 5.74) is 1.10. The number of rotatable bonds is 3. The number of amides is 2. The van der Waals surface area contributed by atoms with E-state index in [0.29, 0.717) is 31.9 Å². The molecule has 0 spiro atoms. The smallest absolute Gasteiger partial charge is 0.290 e. The van der Waals surface area contributed by atoms with E-state index in [9.17, 15) is 18.0 Å². The van der Waals surface area contributed by atoms with Crippen LogP contribution in [0.5, 0.6) is 0 Å². The predicted molar refractivity (Wildman–Crippen MR) is 104 cm³/mol. The first kappa shape index (κ1) is 20.8. The maximum atomic E-state index is 13.1. The van der Waals surface area contributed by atoms with Crippen LogP contribution in [0.25, 0.3) is 0 Å². The van der Waals surface area contributed by atoms with Crippen molar-refractivity contribution in [3.63, 3.8) is 0 Å². The van der Waals surface area contributed by atoms with Crippen molar-refractivity contribution in [2.24, 2.45) is 7.05 Å². The number of hydrogen-bond donors (Lipinski definition) is 0. The standard InChI is InChI=1S/C18H29N5O4S/c1-18(2,3)15-12-14(20(4)19-15)17(25)23-7-5-6-22(23)16(24)13-21-8-10-28(26,27)11-9-21/h12H,5-11,13H2,1-4H3. The van der Waals surface area contributed by atoms with Gasteiger partial charge in [0.15, 0.2) is 9.84 Å². The van der Waals surface area contributed by atoms with E-state index in [1.165, 1.54) is 10.0 Å². The Morgan fingerprint density at radius 1 is 1.07 bits per heavy atom. The maximum Gasteiger partial charge on any atom is 0.290 e.